The summed E-state index contributed by atoms with van der Waals surface area (Å²) in [5, 5.41) is 0. The Kier molecular flexibility index (Phi) is 7.52. The molecule has 6 heteroatoms. The third kappa shape index (κ3) is 4.63. The van der Waals surface area contributed by atoms with Gasteiger partial charge in [0, 0.05) is 23.6 Å². The fourth-order valence-corrected chi connectivity index (χ4v) is 6.50. The lowest BCUT2D eigenvalue weighted by molar-refractivity contribution is -0.378. The summed E-state index contributed by atoms with van der Waals surface area (Å²) in [4.78, 5) is 28.1. The van der Waals surface area contributed by atoms with Crippen LogP contribution in [0.4, 0.5) is 5.69 Å². The second-order valence-corrected chi connectivity index (χ2v) is 11.3. The summed E-state index contributed by atoms with van der Waals surface area (Å²) in [7, 11) is 4.32. The number of nitrogens with zero attached hydrogens (tertiary/aromatic N) is 1. The molecule has 4 aromatic carbocycles. The van der Waals surface area contributed by atoms with Crippen LogP contribution in [0.5, 0.6) is 5.75 Å². The summed E-state index contributed by atoms with van der Waals surface area (Å²) in [5.74, 6) is -1.01. The van der Waals surface area contributed by atoms with E-state index < -0.39 is 23.3 Å². The number of rotatable bonds is 7. The molecule has 0 saturated heterocycles. The number of methoxy groups -OCH3 is 3. The molecule has 220 valence electrons. The molecule has 0 aromatic heterocycles. The van der Waals surface area contributed by atoms with Gasteiger partial charge in [0.2, 0.25) is 5.69 Å². The first-order chi connectivity index (χ1) is 21.3. The molecule has 0 atom stereocenters. The Morgan fingerprint density at radius 3 is 1.86 bits per heavy atom. The lowest BCUT2D eigenvalue weighted by Crippen LogP contribution is -2.31. The minimum atomic E-state index is -0.630. The van der Waals surface area contributed by atoms with Crippen LogP contribution in [0.1, 0.15) is 42.0 Å². The molecule has 1 heterocycles. The highest BCUT2D eigenvalue weighted by atomic mass is 16.5. The van der Waals surface area contributed by atoms with Crippen molar-refractivity contribution in [2.75, 3.05) is 21.3 Å². The van der Waals surface area contributed by atoms with Crippen LogP contribution in [-0.2, 0) is 24.5 Å². The van der Waals surface area contributed by atoms with Gasteiger partial charge in [0.05, 0.1) is 26.7 Å². The lowest BCUT2D eigenvalue weighted by atomic mass is 9.81. The van der Waals surface area contributed by atoms with E-state index >= 15 is 0 Å². The monoisotopic (exact) mass is 584 g/mol. The predicted molar refractivity (Wildman–Crippen MR) is 171 cm³/mol. The Morgan fingerprint density at radius 2 is 1.27 bits per heavy atom. The van der Waals surface area contributed by atoms with Crippen LogP contribution in [0, 0.1) is 0 Å². The zero-order valence-corrected chi connectivity index (χ0v) is 25.5. The molecular weight excluding hydrogens is 550 g/mol. The molecular formula is C38H34NO5+. The molecule has 1 aliphatic heterocycles. The highest BCUT2D eigenvalue weighted by Gasteiger charge is 2.51. The van der Waals surface area contributed by atoms with Gasteiger partial charge < -0.3 is 14.2 Å². The number of fused-ring (bicyclic) bond motifs is 4. The lowest BCUT2D eigenvalue weighted by Gasteiger charge is -2.18. The van der Waals surface area contributed by atoms with Gasteiger partial charge in [0.25, 0.3) is 0 Å². The van der Waals surface area contributed by atoms with Crippen molar-refractivity contribution in [1.29, 1.82) is 0 Å². The summed E-state index contributed by atoms with van der Waals surface area (Å²) in [6.07, 6.45) is 4.01. The first-order valence-electron chi connectivity index (χ1n) is 14.5. The van der Waals surface area contributed by atoms with Crippen molar-refractivity contribution in [2.45, 2.75) is 25.2 Å². The van der Waals surface area contributed by atoms with Crippen LogP contribution in [-0.4, -0.2) is 43.6 Å². The Hall–Kier alpha value is -5.23. The van der Waals surface area contributed by atoms with E-state index in [0.717, 1.165) is 50.5 Å². The van der Waals surface area contributed by atoms with E-state index in [1.165, 1.54) is 14.2 Å². The highest BCUT2D eigenvalue weighted by molar-refractivity contribution is 6.09. The number of esters is 2. The standard InChI is InChI=1S/C38H34NO5/c1-38(2)30-16-10-11-17-31(30)39(32(38)23-20-24-18-21-25(42-3)22-19-24)35(37(41)44-5)34(36(40)43-4)33-28-14-8-6-12-26(28)27-13-7-9-15-29(27)33/h6-23,33H,1-5H3/q+1/b23-20+,35-34-. The van der Waals surface area contributed by atoms with Gasteiger partial charge in [-0.25, -0.2) is 9.59 Å². The van der Waals surface area contributed by atoms with E-state index in [4.69, 9.17) is 14.2 Å². The third-order valence-electron chi connectivity index (χ3n) is 8.63. The van der Waals surface area contributed by atoms with E-state index in [2.05, 4.69) is 19.9 Å². The maximum atomic E-state index is 14.1. The molecule has 0 amide bonds. The van der Waals surface area contributed by atoms with Crippen LogP contribution < -0.4 is 4.74 Å². The number of benzene rings is 4. The Balaban J connectivity index is 1.69. The molecule has 1 aliphatic carbocycles. The van der Waals surface area contributed by atoms with Crippen molar-refractivity contribution in [3.8, 4) is 16.9 Å². The van der Waals surface area contributed by atoms with Gasteiger partial charge >= 0.3 is 17.6 Å². The van der Waals surface area contributed by atoms with E-state index in [0.29, 0.717) is 0 Å². The van der Waals surface area contributed by atoms with Gasteiger partial charge in [-0.3, -0.25) is 0 Å². The second kappa shape index (κ2) is 11.5. The molecule has 0 N–H and O–H groups in total. The quantitative estimate of drug-likeness (QED) is 0.131. The average molecular weight is 585 g/mol. The second-order valence-electron chi connectivity index (χ2n) is 11.3. The Labute approximate surface area is 257 Å². The Bertz CT molecular complexity index is 1830. The van der Waals surface area contributed by atoms with Crippen molar-refractivity contribution in [1.82, 2.24) is 0 Å². The van der Waals surface area contributed by atoms with Crippen molar-refractivity contribution < 1.29 is 28.4 Å². The summed E-state index contributed by atoms with van der Waals surface area (Å²) in [6.45, 7) is 4.23. The number of hydrogen-bond acceptors (Lipinski definition) is 5. The van der Waals surface area contributed by atoms with Crippen LogP contribution >= 0.6 is 0 Å². The fourth-order valence-electron chi connectivity index (χ4n) is 6.50. The van der Waals surface area contributed by atoms with Gasteiger partial charge in [0.1, 0.15) is 11.3 Å². The minimum absolute atomic E-state index is 0.128. The number of hydrogen-bond donors (Lipinski definition) is 0. The van der Waals surface area contributed by atoms with Crippen LogP contribution in [0.3, 0.4) is 0 Å². The summed E-state index contributed by atoms with van der Waals surface area (Å²) in [5.41, 5.74) is 7.31. The molecule has 0 bridgehead atoms. The summed E-state index contributed by atoms with van der Waals surface area (Å²) >= 11 is 0. The SMILES string of the molecule is COC(=O)/C(=C(/C(=O)OC)[N+]1=C(/C=C/c2ccc(OC)cc2)C(C)(C)c2ccccc21)C1c2ccccc2-c2ccccc21. The molecule has 0 radical (unpaired) electrons. The molecule has 0 unspecified atom stereocenters. The molecule has 0 fully saturated rings. The third-order valence-corrected chi connectivity index (χ3v) is 8.63. The zero-order valence-electron chi connectivity index (χ0n) is 25.5. The van der Waals surface area contributed by atoms with E-state index in [-0.39, 0.29) is 11.3 Å². The Morgan fingerprint density at radius 1 is 0.705 bits per heavy atom. The van der Waals surface area contributed by atoms with E-state index in [1.54, 1.807) is 7.11 Å². The molecule has 44 heavy (non-hydrogen) atoms. The largest absolute Gasteiger partial charge is 0.497 e. The normalized spacial score (nSPS) is 15.4. The highest BCUT2D eigenvalue weighted by Crippen LogP contribution is 2.50. The first kappa shape index (κ1) is 28.9. The molecule has 2 aliphatic rings. The summed E-state index contributed by atoms with van der Waals surface area (Å²) < 4.78 is 18.1. The topological polar surface area (TPSA) is 64.8 Å². The van der Waals surface area contributed by atoms with Crippen LogP contribution in [0.15, 0.2) is 114 Å². The number of ether oxygens (including phenoxy) is 3. The van der Waals surface area contributed by atoms with Crippen molar-refractivity contribution in [2.24, 2.45) is 0 Å². The van der Waals surface area contributed by atoms with Crippen molar-refractivity contribution in [3.05, 3.63) is 137 Å². The zero-order chi connectivity index (χ0) is 31.0. The maximum absolute atomic E-state index is 14.1. The molecule has 4 aromatic rings. The van der Waals surface area contributed by atoms with E-state index in [9.17, 15) is 9.59 Å². The van der Waals surface area contributed by atoms with Crippen LogP contribution in [0.25, 0.3) is 17.2 Å². The number of allylic oxidation sites excluding steroid dienone is 1. The number of para-hydroxylation sites is 1. The number of carbonyl (C=O) groups is 2. The fraction of sp³-hybridized carbons (Fsp3) is 0.184. The maximum Gasteiger partial charge on any atom is 0.404 e. The molecule has 0 spiro atoms. The average Bonchev–Trinajstić information content (AvgIpc) is 3.50. The summed E-state index contributed by atoms with van der Waals surface area (Å²) in [6, 6.07) is 31.7. The van der Waals surface area contributed by atoms with Gasteiger partial charge in [-0.05, 0) is 59.9 Å². The smallest absolute Gasteiger partial charge is 0.404 e. The van der Waals surface area contributed by atoms with E-state index in [1.807, 2.05) is 108 Å². The van der Waals surface area contributed by atoms with Gasteiger partial charge in [-0.15, -0.1) is 4.58 Å². The predicted octanol–water partition coefficient (Wildman–Crippen LogP) is 7.20. The van der Waals surface area contributed by atoms with Crippen molar-refractivity contribution >= 4 is 29.4 Å². The molecule has 6 nitrogen and oxygen atoms in total. The van der Waals surface area contributed by atoms with Gasteiger partial charge in [0.15, 0.2) is 5.71 Å². The molecule has 6 rings (SSSR count). The van der Waals surface area contributed by atoms with Crippen LogP contribution in [0.2, 0.25) is 0 Å². The number of carbonyl (C=O) groups excluding carboxylic acids is 2. The first-order valence-corrected chi connectivity index (χ1v) is 14.5. The molecule has 0 saturated carbocycles. The van der Waals surface area contributed by atoms with Gasteiger partial charge in [-0.2, -0.15) is 0 Å². The van der Waals surface area contributed by atoms with Crippen molar-refractivity contribution in [3.63, 3.8) is 0 Å². The minimum Gasteiger partial charge on any atom is -0.497 e. The van der Waals surface area contributed by atoms with Gasteiger partial charge in [-0.1, -0.05) is 78.9 Å².